The van der Waals surface area contributed by atoms with Gasteiger partial charge in [0, 0.05) is 24.7 Å². The first-order valence-electron chi connectivity index (χ1n) is 7.87. The molecule has 0 radical (unpaired) electrons. The van der Waals surface area contributed by atoms with Gasteiger partial charge in [-0.3, -0.25) is 10.1 Å². The van der Waals surface area contributed by atoms with Crippen LogP contribution >= 0.6 is 12.4 Å². The number of nitrogens with zero attached hydrogens (tertiary/aromatic N) is 2. The number of non-ortho nitro benzene ring substituents is 1. The van der Waals surface area contributed by atoms with Crippen LogP contribution in [0.5, 0.6) is 0 Å². The number of hydrogen-bond donors (Lipinski definition) is 1. The van der Waals surface area contributed by atoms with Crippen molar-refractivity contribution in [2.75, 3.05) is 19.6 Å². The third kappa shape index (κ3) is 5.41. The Morgan fingerprint density at radius 2 is 1.83 bits per heavy atom. The van der Waals surface area contributed by atoms with Crippen molar-refractivity contribution in [2.45, 2.75) is 38.0 Å². The first-order valence-corrected chi connectivity index (χ1v) is 9.48. The minimum atomic E-state index is -3.43. The molecule has 0 aliphatic carbocycles. The molecule has 136 valence electrons. The Morgan fingerprint density at radius 3 is 2.33 bits per heavy atom. The lowest BCUT2D eigenvalue weighted by atomic mass is 10.1. The average molecular weight is 378 g/mol. The van der Waals surface area contributed by atoms with E-state index in [-0.39, 0.29) is 29.9 Å². The topological polar surface area (TPSA) is 92.6 Å². The van der Waals surface area contributed by atoms with Gasteiger partial charge >= 0.3 is 0 Å². The van der Waals surface area contributed by atoms with E-state index < -0.39 is 14.9 Å². The minimum absolute atomic E-state index is 0. The third-order valence-electron chi connectivity index (χ3n) is 4.01. The van der Waals surface area contributed by atoms with Gasteiger partial charge in [-0.1, -0.05) is 19.1 Å². The first-order chi connectivity index (χ1) is 10.9. The molecule has 0 spiro atoms. The number of rotatable bonds is 7. The van der Waals surface area contributed by atoms with Crippen molar-refractivity contribution in [2.24, 2.45) is 0 Å². The summed E-state index contributed by atoms with van der Waals surface area (Å²) < 4.78 is 27.2. The van der Waals surface area contributed by atoms with Gasteiger partial charge in [0.25, 0.3) is 5.69 Å². The minimum Gasteiger partial charge on any atom is -0.317 e. The molecule has 1 aromatic carbocycles. The maximum absolute atomic E-state index is 12.8. The molecule has 7 nitrogen and oxygen atoms in total. The van der Waals surface area contributed by atoms with Crippen molar-refractivity contribution in [3.63, 3.8) is 0 Å². The third-order valence-corrected chi connectivity index (χ3v) is 5.91. The van der Waals surface area contributed by atoms with Gasteiger partial charge in [0.15, 0.2) is 0 Å². The molecule has 1 aromatic rings. The van der Waals surface area contributed by atoms with E-state index in [2.05, 4.69) is 5.32 Å². The summed E-state index contributed by atoms with van der Waals surface area (Å²) in [4.78, 5) is 10.2. The van der Waals surface area contributed by atoms with Gasteiger partial charge in [-0.05, 0) is 37.9 Å². The Bertz CT molecular complexity index is 631. The second kappa shape index (κ2) is 9.31. The molecule has 9 heteroatoms. The first kappa shape index (κ1) is 20.8. The fourth-order valence-electron chi connectivity index (χ4n) is 2.87. The number of halogens is 1. The molecule has 1 N–H and O–H groups in total. The van der Waals surface area contributed by atoms with Gasteiger partial charge in [-0.2, -0.15) is 4.31 Å². The monoisotopic (exact) mass is 377 g/mol. The average Bonchev–Trinajstić information content (AvgIpc) is 2.53. The van der Waals surface area contributed by atoms with Crippen LogP contribution in [-0.4, -0.2) is 43.3 Å². The molecular formula is C15H24ClN3O4S. The smallest absolute Gasteiger partial charge is 0.269 e. The van der Waals surface area contributed by atoms with Crippen LogP contribution in [0.4, 0.5) is 5.69 Å². The Morgan fingerprint density at radius 1 is 1.25 bits per heavy atom. The second-order valence-corrected chi connectivity index (χ2v) is 7.69. The number of nitrogens with one attached hydrogen (secondary N) is 1. The number of piperidine rings is 1. The van der Waals surface area contributed by atoms with Crippen molar-refractivity contribution in [3.8, 4) is 0 Å². The Balaban J connectivity index is 0.00000288. The van der Waals surface area contributed by atoms with E-state index in [9.17, 15) is 18.5 Å². The van der Waals surface area contributed by atoms with Gasteiger partial charge in [0.05, 0.1) is 10.7 Å². The van der Waals surface area contributed by atoms with Crippen LogP contribution in [0, 0.1) is 10.1 Å². The van der Waals surface area contributed by atoms with E-state index in [1.54, 1.807) is 4.31 Å². The lowest BCUT2D eigenvalue weighted by Crippen LogP contribution is -2.46. The molecule has 0 atom stereocenters. The van der Waals surface area contributed by atoms with Crippen LogP contribution in [0.2, 0.25) is 0 Å². The number of nitro benzene ring substituents is 1. The highest BCUT2D eigenvalue weighted by Gasteiger charge is 2.30. The summed E-state index contributed by atoms with van der Waals surface area (Å²) in [6, 6.07) is 5.77. The highest BCUT2D eigenvalue weighted by atomic mass is 35.5. The SMILES string of the molecule is CCCN(C1CCNCC1)S(=O)(=O)Cc1ccc([N+](=O)[O-])cc1.Cl. The number of benzene rings is 1. The van der Waals surface area contributed by atoms with Crippen molar-refractivity contribution in [3.05, 3.63) is 39.9 Å². The molecule has 24 heavy (non-hydrogen) atoms. The van der Waals surface area contributed by atoms with Gasteiger partial charge in [0.1, 0.15) is 0 Å². The summed E-state index contributed by atoms with van der Waals surface area (Å²) in [5.41, 5.74) is 0.542. The van der Waals surface area contributed by atoms with Crippen LogP contribution < -0.4 is 5.32 Å². The molecule has 0 saturated carbocycles. The van der Waals surface area contributed by atoms with Crippen LogP contribution in [0.15, 0.2) is 24.3 Å². The van der Waals surface area contributed by atoms with E-state index in [1.807, 2.05) is 6.92 Å². The molecule has 0 unspecified atom stereocenters. The number of nitro groups is 1. The molecule has 0 amide bonds. The van der Waals surface area contributed by atoms with Crippen LogP contribution in [0.25, 0.3) is 0 Å². The molecule has 2 rings (SSSR count). The quantitative estimate of drug-likeness (QED) is 0.581. The summed E-state index contributed by atoms with van der Waals surface area (Å²) in [5.74, 6) is -0.116. The molecule has 0 bridgehead atoms. The molecule has 1 saturated heterocycles. The fourth-order valence-corrected chi connectivity index (χ4v) is 4.78. The maximum atomic E-state index is 12.8. The number of hydrogen-bond acceptors (Lipinski definition) is 5. The highest BCUT2D eigenvalue weighted by Crippen LogP contribution is 2.21. The van der Waals surface area contributed by atoms with E-state index in [4.69, 9.17) is 0 Å². The summed E-state index contributed by atoms with van der Waals surface area (Å²) in [7, 11) is -3.43. The molecule has 1 fully saturated rings. The van der Waals surface area contributed by atoms with Gasteiger partial charge in [-0.25, -0.2) is 8.42 Å². The van der Waals surface area contributed by atoms with Crippen LogP contribution in [0.3, 0.4) is 0 Å². The predicted molar refractivity (Wildman–Crippen MR) is 95.9 cm³/mol. The molecular weight excluding hydrogens is 354 g/mol. The summed E-state index contributed by atoms with van der Waals surface area (Å²) >= 11 is 0. The van der Waals surface area contributed by atoms with Crippen molar-refractivity contribution in [1.29, 1.82) is 0 Å². The van der Waals surface area contributed by atoms with Crippen molar-refractivity contribution in [1.82, 2.24) is 9.62 Å². The Hall–Kier alpha value is -1.22. The number of sulfonamides is 1. The summed E-state index contributed by atoms with van der Waals surface area (Å²) in [5, 5.41) is 13.9. The second-order valence-electron chi connectivity index (χ2n) is 5.77. The maximum Gasteiger partial charge on any atom is 0.269 e. The highest BCUT2D eigenvalue weighted by molar-refractivity contribution is 7.88. The largest absolute Gasteiger partial charge is 0.317 e. The van der Waals surface area contributed by atoms with E-state index >= 15 is 0 Å². The zero-order valence-electron chi connectivity index (χ0n) is 13.7. The van der Waals surface area contributed by atoms with Gasteiger partial charge in [-0.15, -0.1) is 12.4 Å². The Labute approximate surface area is 149 Å². The normalized spacial score (nSPS) is 15.9. The fraction of sp³-hybridized carbons (Fsp3) is 0.600. The lowest BCUT2D eigenvalue weighted by molar-refractivity contribution is -0.384. The van der Waals surface area contributed by atoms with Crippen molar-refractivity contribution < 1.29 is 13.3 Å². The lowest BCUT2D eigenvalue weighted by Gasteiger charge is -2.33. The van der Waals surface area contributed by atoms with Gasteiger partial charge < -0.3 is 5.32 Å². The summed E-state index contributed by atoms with van der Waals surface area (Å²) in [6.07, 6.45) is 2.41. The van der Waals surface area contributed by atoms with E-state index in [0.29, 0.717) is 12.1 Å². The zero-order chi connectivity index (χ0) is 16.9. The van der Waals surface area contributed by atoms with Crippen LogP contribution in [-0.2, 0) is 15.8 Å². The molecule has 1 heterocycles. The van der Waals surface area contributed by atoms with Crippen LogP contribution in [0.1, 0.15) is 31.7 Å². The zero-order valence-corrected chi connectivity index (χ0v) is 15.3. The van der Waals surface area contributed by atoms with Crippen molar-refractivity contribution >= 4 is 28.1 Å². The predicted octanol–water partition coefficient (Wildman–Crippen LogP) is 2.31. The summed E-state index contributed by atoms with van der Waals surface area (Å²) in [6.45, 7) is 4.14. The van der Waals surface area contributed by atoms with E-state index in [1.165, 1.54) is 24.3 Å². The molecule has 0 aromatic heterocycles. The standard InChI is InChI=1S/C15H23N3O4S.ClH/c1-2-11-17(14-7-9-16-10-8-14)23(21,22)12-13-3-5-15(6-4-13)18(19)20;/h3-6,14,16H,2,7-12H2,1H3;1H. The van der Waals surface area contributed by atoms with Gasteiger partial charge in [0.2, 0.25) is 10.0 Å². The molecule has 1 aliphatic heterocycles. The van der Waals surface area contributed by atoms with E-state index in [0.717, 1.165) is 32.4 Å². The Kier molecular flexibility index (Phi) is 8.08. The molecule has 1 aliphatic rings.